The average Bonchev–Trinajstić information content (AvgIpc) is 3.30. The first-order valence-corrected chi connectivity index (χ1v) is 8.09. The molecule has 1 saturated heterocycles. The maximum absolute atomic E-state index is 13.5. The number of alkyl halides is 2. The first-order valence-electron chi connectivity index (χ1n) is 8.09. The van der Waals surface area contributed by atoms with Gasteiger partial charge in [-0.2, -0.15) is 0 Å². The summed E-state index contributed by atoms with van der Waals surface area (Å²) >= 11 is 0. The van der Waals surface area contributed by atoms with E-state index in [-0.39, 0.29) is 11.5 Å². The quantitative estimate of drug-likeness (QED) is 0.714. The van der Waals surface area contributed by atoms with Crippen molar-refractivity contribution in [2.45, 2.75) is 19.1 Å². The van der Waals surface area contributed by atoms with Gasteiger partial charge in [-0.05, 0) is 25.0 Å². The molecule has 4 heterocycles. The third kappa shape index (κ3) is 2.20. The molecule has 0 spiro atoms. The average molecular weight is 344 g/mol. The van der Waals surface area contributed by atoms with Gasteiger partial charge in [0.1, 0.15) is 0 Å². The summed E-state index contributed by atoms with van der Waals surface area (Å²) in [5.41, 5.74) is 1.85. The highest BCUT2D eigenvalue weighted by Crippen LogP contribution is 2.47. The van der Waals surface area contributed by atoms with Crippen molar-refractivity contribution < 1.29 is 18.3 Å². The minimum absolute atomic E-state index is 0.0197. The summed E-state index contributed by atoms with van der Waals surface area (Å²) in [5, 5.41) is 0. The number of ether oxygens (including phenoxy) is 2. The molecule has 128 valence electrons. The van der Waals surface area contributed by atoms with Crippen LogP contribution in [0.25, 0.3) is 16.9 Å². The van der Waals surface area contributed by atoms with E-state index in [1.165, 1.54) is 6.07 Å². The fourth-order valence-electron chi connectivity index (χ4n) is 3.43. The van der Waals surface area contributed by atoms with Gasteiger partial charge >= 0.3 is 6.29 Å². The zero-order valence-corrected chi connectivity index (χ0v) is 13.2. The minimum atomic E-state index is -3.65. The third-order valence-electron chi connectivity index (χ3n) is 4.52. The highest BCUT2D eigenvalue weighted by atomic mass is 19.3. The van der Waals surface area contributed by atoms with E-state index in [1.807, 2.05) is 4.40 Å². The van der Waals surface area contributed by atoms with Crippen LogP contribution < -0.4 is 14.4 Å². The molecule has 5 rings (SSSR count). The monoisotopic (exact) mass is 344 g/mol. The van der Waals surface area contributed by atoms with E-state index >= 15 is 0 Å². The number of para-hydroxylation sites is 1. The van der Waals surface area contributed by atoms with Gasteiger partial charge in [-0.25, -0.2) is 9.97 Å². The molecule has 0 saturated carbocycles. The van der Waals surface area contributed by atoms with E-state index in [9.17, 15) is 8.78 Å². The molecular formula is C17H14F2N4O2. The van der Waals surface area contributed by atoms with Crippen molar-refractivity contribution in [3.05, 3.63) is 36.8 Å². The third-order valence-corrected chi connectivity index (χ3v) is 4.52. The standard InChI is InChI=1S/C17H14F2N4O2/c18-17(19)24-13-5-3-4-11(14(13)25-17)12-10-21-16-15(20-6-9-23(12)16)22-7-1-2-8-22/h3-6,9-10H,1-2,7-8H2. The van der Waals surface area contributed by atoms with Gasteiger partial charge in [0.05, 0.1) is 11.9 Å². The Bertz CT molecular complexity index is 966. The van der Waals surface area contributed by atoms with E-state index in [4.69, 9.17) is 4.74 Å². The van der Waals surface area contributed by atoms with Gasteiger partial charge in [0.2, 0.25) is 0 Å². The van der Waals surface area contributed by atoms with Crippen molar-refractivity contribution >= 4 is 11.5 Å². The smallest absolute Gasteiger partial charge is 0.395 e. The van der Waals surface area contributed by atoms with Gasteiger partial charge in [-0.3, -0.25) is 4.40 Å². The van der Waals surface area contributed by atoms with Gasteiger partial charge in [0.15, 0.2) is 23.0 Å². The molecule has 2 aliphatic heterocycles. The first-order chi connectivity index (χ1) is 12.1. The van der Waals surface area contributed by atoms with Crippen LogP contribution in [-0.4, -0.2) is 33.8 Å². The Hall–Kier alpha value is -2.90. The van der Waals surface area contributed by atoms with Crippen LogP contribution in [0, 0.1) is 0 Å². The number of fused-ring (bicyclic) bond motifs is 2. The number of hydrogen-bond donors (Lipinski definition) is 0. The van der Waals surface area contributed by atoms with Crippen LogP contribution in [0.5, 0.6) is 11.5 Å². The van der Waals surface area contributed by atoms with Gasteiger partial charge < -0.3 is 14.4 Å². The Morgan fingerprint density at radius 3 is 2.76 bits per heavy atom. The van der Waals surface area contributed by atoms with Crippen molar-refractivity contribution in [1.29, 1.82) is 0 Å². The highest BCUT2D eigenvalue weighted by molar-refractivity contribution is 5.77. The number of anilines is 1. The number of rotatable bonds is 2. The van der Waals surface area contributed by atoms with E-state index in [1.54, 1.807) is 30.7 Å². The number of hydrogen-bond acceptors (Lipinski definition) is 5. The van der Waals surface area contributed by atoms with Gasteiger partial charge in [-0.1, -0.05) is 6.07 Å². The van der Waals surface area contributed by atoms with E-state index < -0.39 is 6.29 Å². The molecule has 0 unspecified atom stereocenters. The van der Waals surface area contributed by atoms with Crippen LogP contribution in [0.4, 0.5) is 14.6 Å². The zero-order valence-electron chi connectivity index (χ0n) is 13.2. The molecule has 6 nitrogen and oxygen atoms in total. The highest BCUT2D eigenvalue weighted by Gasteiger charge is 2.44. The molecule has 0 aliphatic carbocycles. The van der Waals surface area contributed by atoms with Crippen LogP contribution in [-0.2, 0) is 0 Å². The lowest BCUT2D eigenvalue weighted by Gasteiger charge is -2.16. The summed E-state index contributed by atoms with van der Waals surface area (Å²) in [6, 6.07) is 4.82. The van der Waals surface area contributed by atoms with Crippen molar-refractivity contribution in [3.63, 3.8) is 0 Å². The molecule has 2 aromatic heterocycles. The molecule has 1 aromatic carbocycles. The van der Waals surface area contributed by atoms with E-state index in [2.05, 4.69) is 19.6 Å². The SMILES string of the molecule is FC1(F)Oc2cccc(-c3cnc4c(N5CCCC5)nccn34)c2O1. The number of nitrogens with zero attached hydrogens (tertiary/aromatic N) is 4. The minimum Gasteiger partial charge on any atom is -0.395 e. The van der Waals surface area contributed by atoms with Gasteiger partial charge in [0, 0.05) is 31.0 Å². The molecular weight excluding hydrogens is 330 g/mol. The second-order valence-electron chi connectivity index (χ2n) is 6.08. The lowest BCUT2D eigenvalue weighted by molar-refractivity contribution is -0.286. The Kier molecular flexibility index (Phi) is 2.92. The summed E-state index contributed by atoms with van der Waals surface area (Å²) < 4.78 is 38.0. The molecule has 8 heteroatoms. The Labute approximate surface area is 141 Å². The van der Waals surface area contributed by atoms with Crippen LogP contribution in [0.1, 0.15) is 12.8 Å². The van der Waals surface area contributed by atoms with Gasteiger partial charge in [0.25, 0.3) is 0 Å². The van der Waals surface area contributed by atoms with Crippen molar-refractivity contribution in [2.24, 2.45) is 0 Å². The molecule has 0 N–H and O–H groups in total. The molecule has 25 heavy (non-hydrogen) atoms. The number of imidazole rings is 1. The summed E-state index contributed by atoms with van der Waals surface area (Å²) in [7, 11) is 0. The summed E-state index contributed by atoms with van der Waals surface area (Å²) in [4.78, 5) is 11.1. The van der Waals surface area contributed by atoms with Crippen LogP contribution in [0.3, 0.4) is 0 Å². The molecule has 0 atom stereocenters. The van der Waals surface area contributed by atoms with Crippen LogP contribution in [0.2, 0.25) is 0 Å². The van der Waals surface area contributed by atoms with E-state index in [0.29, 0.717) is 16.9 Å². The maximum atomic E-state index is 13.5. The first kappa shape index (κ1) is 14.4. The summed E-state index contributed by atoms with van der Waals surface area (Å²) in [6.07, 6.45) is 3.71. The molecule has 1 fully saturated rings. The Morgan fingerprint density at radius 2 is 1.92 bits per heavy atom. The normalized spacial score (nSPS) is 18.2. The predicted octanol–water partition coefficient (Wildman–Crippen LogP) is 3.32. The Morgan fingerprint density at radius 1 is 1.08 bits per heavy atom. The lowest BCUT2D eigenvalue weighted by Crippen LogP contribution is -2.26. The van der Waals surface area contributed by atoms with E-state index in [0.717, 1.165) is 31.7 Å². The fraction of sp³-hybridized carbons (Fsp3) is 0.294. The molecule has 0 radical (unpaired) electrons. The molecule has 2 aliphatic rings. The zero-order chi connectivity index (χ0) is 17.0. The number of halogens is 2. The molecule has 3 aromatic rings. The second-order valence-corrected chi connectivity index (χ2v) is 6.08. The summed E-state index contributed by atoms with van der Waals surface area (Å²) in [5.74, 6) is 0.849. The largest absolute Gasteiger partial charge is 0.586 e. The van der Waals surface area contributed by atoms with Crippen LogP contribution in [0.15, 0.2) is 36.8 Å². The summed E-state index contributed by atoms with van der Waals surface area (Å²) in [6.45, 7) is 1.89. The topological polar surface area (TPSA) is 51.9 Å². The molecule has 0 amide bonds. The number of aromatic nitrogens is 3. The van der Waals surface area contributed by atoms with Crippen molar-refractivity contribution in [1.82, 2.24) is 14.4 Å². The fourth-order valence-corrected chi connectivity index (χ4v) is 3.43. The van der Waals surface area contributed by atoms with Gasteiger partial charge in [-0.15, -0.1) is 8.78 Å². The molecule has 0 bridgehead atoms. The van der Waals surface area contributed by atoms with Crippen LogP contribution >= 0.6 is 0 Å². The van der Waals surface area contributed by atoms with Crippen molar-refractivity contribution in [2.75, 3.05) is 18.0 Å². The maximum Gasteiger partial charge on any atom is 0.586 e. The lowest BCUT2D eigenvalue weighted by atomic mass is 10.1. The number of benzene rings is 1. The predicted molar refractivity (Wildman–Crippen MR) is 86.1 cm³/mol. The Balaban J connectivity index is 1.66. The second kappa shape index (κ2) is 5.05. The van der Waals surface area contributed by atoms with Crippen molar-refractivity contribution in [3.8, 4) is 22.8 Å².